The zero-order valence-electron chi connectivity index (χ0n) is 30.2. The number of sulfonamides is 1. The number of cyclic esters (lactones) is 1. The van der Waals surface area contributed by atoms with Crippen LogP contribution in [-0.4, -0.2) is 70.3 Å². The number of benzene rings is 2. The minimum absolute atomic E-state index is 0.0231. The number of amides is 1. The predicted octanol–water partition coefficient (Wildman–Crippen LogP) is 6.18. The Morgan fingerprint density at radius 1 is 1.10 bits per heavy atom. The Hall–Kier alpha value is -3.41. The van der Waals surface area contributed by atoms with Gasteiger partial charge in [0.05, 0.1) is 35.7 Å². The van der Waals surface area contributed by atoms with Crippen LogP contribution in [-0.2, 0) is 40.9 Å². The number of aryl methyl sites for hydroxylation is 1. The molecule has 1 N–H and O–H groups in total. The van der Waals surface area contributed by atoms with Crippen molar-refractivity contribution in [2.75, 3.05) is 38.3 Å². The molecule has 7 rings (SSSR count). The molecule has 2 aromatic rings. The minimum Gasteiger partial charge on any atom is -0.490 e. The highest BCUT2D eigenvalue weighted by Gasteiger charge is 2.50. The molecule has 2 fully saturated rings. The Balaban J connectivity index is 1.30. The number of fused-ring (bicyclic) bond motifs is 4. The topological polar surface area (TPSA) is 128 Å². The number of ether oxygens (including phenoxy) is 3. The van der Waals surface area contributed by atoms with Crippen molar-refractivity contribution in [3.63, 3.8) is 0 Å². The van der Waals surface area contributed by atoms with E-state index >= 15 is 0 Å². The highest BCUT2D eigenvalue weighted by atomic mass is 35.5. The van der Waals surface area contributed by atoms with Gasteiger partial charge in [0.1, 0.15) is 11.5 Å². The molecule has 7 atom stereocenters. The summed E-state index contributed by atoms with van der Waals surface area (Å²) < 4.78 is 47.5. The molecule has 5 aliphatic rings. The molecule has 3 heterocycles. The molecule has 2 aliphatic carbocycles. The molecule has 12 heteroatoms. The number of nitrogens with zero attached hydrogens (tertiary/aromatic N) is 1. The number of ketones is 1. The summed E-state index contributed by atoms with van der Waals surface area (Å²) in [6.07, 6.45) is 9.61. The third-order valence-electron chi connectivity index (χ3n) is 12.6. The van der Waals surface area contributed by atoms with Gasteiger partial charge in [0.15, 0.2) is 0 Å². The van der Waals surface area contributed by atoms with E-state index in [1.807, 2.05) is 25.1 Å². The lowest BCUT2D eigenvalue weighted by molar-refractivity contribution is -0.144. The van der Waals surface area contributed by atoms with E-state index in [-0.39, 0.29) is 53.3 Å². The maximum Gasteiger partial charge on any atom is 0.309 e. The average Bonchev–Trinajstić information content (AvgIpc) is 3.43. The molecule has 1 saturated carbocycles. The highest BCUT2D eigenvalue weighted by molar-refractivity contribution is 7.90. The van der Waals surface area contributed by atoms with Gasteiger partial charge in [-0.1, -0.05) is 36.7 Å². The Morgan fingerprint density at radius 2 is 1.92 bits per heavy atom. The average molecular weight is 753 g/mol. The van der Waals surface area contributed by atoms with Gasteiger partial charge in [0.25, 0.3) is 5.91 Å². The van der Waals surface area contributed by atoms with Crippen LogP contribution in [0.2, 0.25) is 5.02 Å². The quantitative estimate of drug-likeness (QED) is 0.281. The van der Waals surface area contributed by atoms with E-state index in [4.69, 9.17) is 25.8 Å². The van der Waals surface area contributed by atoms with Crippen LogP contribution < -0.4 is 14.4 Å². The van der Waals surface area contributed by atoms with Crippen LogP contribution in [0.5, 0.6) is 5.75 Å². The number of allylic oxidation sites excluding steroid dienone is 1. The van der Waals surface area contributed by atoms with Crippen LogP contribution >= 0.6 is 11.6 Å². The second-order valence-corrected chi connectivity index (χ2v) is 18.2. The lowest BCUT2D eigenvalue weighted by Crippen LogP contribution is -2.53. The monoisotopic (exact) mass is 752 g/mol. The van der Waals surface area contributed by atoms with Crippen LogP contribution in [0.4, 0.5) is 5.69 Å². The van der Waals surface area contributed by atoms with Crippen molar-refractivity contribution in [3.05, 3.63) is 70.3 Å². The molecular formula is C40H49ClN2O8S. The Morgan fingerprint density at radius 3 is 2.65 bits per heavy atom. The van der Waals surface area contributed by atoms with Gasteiger partial charge in [-0.3, -0.25) is 14.4 Å². The van der Waals surface area contributed by atoms with E-state index in [2.05, 4.69) is 21.8 Å². The van der Waals surface area contributed by atoms with E-state index in [9.17, 15) is 22.8 Å². The van der Waals surface area contributed by atoms with Gasteiger partial charge in [-0.2, -0.15) is 0 Å². The molecule has 1 spiro atoms. The number of rotatable bonds is 5. The molecule has 0 aromatic heterocycles. The number of esters is 1. The summed E-state index contributed by atoms with van der Waals surface area (Å²) in [5.74, 6) is -1.10. The Kier molecular flexibility index (Phi) is 10.3. The number of hydrogen-bond acceptors (Lipinski definition) is 9. The number of methoxy groups -OCH3 is 1. The standard InChI is InChI=1S/C40H49ClN2O8S/c1-25-6-4-16-40(49-3,21-32(44)19-29-14-17-50-38(29)46)34-11-8-30(34)22-43-23-39(15-5-7-27-18-31(41)10-12-33(27)39)24-51-36-13-9-28(20-35(36)43)37(45)42-52(47,48)26(25)2/h4,9-10,12-13,16,18,20,25-26,29-30,34H,5-8,11,14-15,17,19,21-24H2,1-3H3,(H,42,45)/b16-4+/t25-,26+,29+,30-,34+,39-,40+/m0/s1. The maximum atomic E-state index is 13.7. The zero-order chi connectivity index (χ0) is 36.8. The van der Waals surface area contributed by atoms with Crippen LogP contribution in [0.1, 0.15) is 86.7 Å². The van der Waals surface area contributed by atoms with Crippen LogP contribution in [0.15, 0.2) is 48.6 Å². The van der Waals surface area contributed by atoms with Gasteiger partial charge in [-0.25, -0.2) is 13.1 Å². The van der Waals surface area contributed by atoms with E-state index < -0.39 is 32.7 Å². The van der Waals surface area contributed by atoms with Crippen LogP contribution in [0, 0.1) is 23.7 Å². The normalized spacial score (nSPS) is 33.4. The molecule has 3 aliphatic heterocycles. The fourth-order valence-corrected chi connectivity index (χ4v) is 10.7. The van der Waals surface area contributed by atoms with Gasteiger partial charge in [-0.15, -0.1) is 0 Å². The first-order valence-corrected chi connectivity index (χ1v) is 20.5. The first kappa shape index (κ1) is 36.9. The predicted molar refractivity (Wildman–Crippen MR) is 198 cm³/mol. The van der Waals surface area contributed by atoms with Crippen molar-refractivity contribution < 1.29 is 37.0 Å². The molecule has 2 bridgehead atoms. The molecule has 1 saturated heterocycles. The number of carbonyl (C=O) groups is 3. The van der Waals surface area contributed by atoms with Crippen LogP contribution in [0.25, 0.3) is 0 Å². The highest BCUT2D eigenvalue weighted by Crippen LogP contribution is 2.50. The van der Waals surface area contributed by atoms with Crippen molar-refractivity contribution in [1.29, 1.82) is 0 Å². The summed E-state index contributed by atoms with van der Waals surface area (Å²) >= 11 is 6.46. The molecule has 1 amide bonds. The second-order valence-electron chi connectivity index (χ2n) is 15.8. The lowest BCUT2D eigenvalue weighted by Gasteiger charge is -2.50. The van der Waals surface area contributed by atoms with Crippen molar-refractivity contribution >= 4 is 45.0 Å². The first-order valence-electron chi connectivity index (χ1n) is 18.6. The molecule has 2 aromatic carbocycles. The SMILES string of the molecule is CO[C@@]1(CC(=O)C[C@H]2CCOC2=O)/C=C/C[C@H](C)[C@@H](C)S(=O)(=O)NC(=O)c2ccc3c(c2)N(C[C@@H]2CC[C@H]21)C[C@@]1(CCCc2cc(Cl)ccc21)CO3. The number of Topliss-reactive ketones (excluding diaryl/α,β-unsaturated/α-hetero) is 1. The van der Waals surface area contributed by atoms with E-state index in [0.717, 1.165) is 37.8 Å². The summed E-state index contributed by atoms with van der Waals surface area (Å²) in [5.41, 5.74) is 2.10. The number of carbonyl (C=O) groups excluding carboxylic acids is 3. The Bertz CT molecular complexity index is 1880. The van der Waals surface area contributed by atoms with Gasteiger partial charge in [0.2, 0.25) is 10.0 Å². The fourth-order valence-electron chi connectivity index (χ4n) is 9.21. The molecule has 10 nitrogen and oxygen atoms in total. The number of nitrogens with one attached hydrogen (secondary N) is 1. The minimum atomic E-state index is -4.04. The van der Waals surface area contributed by atoms with Gasteiger partial charge < -0.3 is 19.1 Å². The zero-order valence-corrected chi connectivity index (χ0v) is 31.8. The molecule has 0 radical (unpaired) electrons. The molecular weight excluding hydrogens is 704 g/mol. The van der Waals surface area contributed by atoms with Gasteiger partial charge in [0, 0.05) is 49.0 Å². The van der Waals surface area contributed by atoms with Crippen LogP contribution in [0.3, 0.4) is 0 Å². The van der Waals surface area contributed by atoms with E-state index in [1.165, 1.54) is 11.1 Å². The van der Waals surface area contributed by atoms with Gasteiger partial charge in [-0.05, 0) is 111 Å². The molecule has 280 valence electrons. The fraction of sp³-hybridized carbons (Fsp3) is 0.575. The molecule has 52 heavy (non-hydrogen) atoms. The van der Waals surface area contributed by atoms with Gasteiger partial charge >= 0.3 is 5.97 Å². The largest absolute Gasteiger partial charge is 0.490 e. The van der Waals surface area contributed by atoms with E-state index in [1.54, 1.807) is 32.2 Å². The van der Waals surface area contributed by atoms with Crippen molar-refractivity contribution in [3.8, 4) is 5.75 Å². The number of anilines is 1. The Labute approximate surface area is 311 Å². The summed E-state index contributed by atoms with van der Waals surface area (Å²) in [6, 6.07) is 11.3. The molecule has 0 unspecified atom stereocenters. The van der Waals surface area contributed by atoms with Crippen molar-refractivity contribution in [2.45, 2.75) is 87.9 Å². The van der Waals surface area contributed by atoms with E-state index in [0.29, 0.717) is 49.9 Å². The maximum absolute atomic E-state index is 13.7. The summed E-state index contributed by atoms with van der Waals surface area (Å²) in [4.78, 5) is 41.9. The summed E-state index contributed by atoms with van der Waals surface area (Å²) in [7, 11) is -2.39. The third kappa shape index (κ3) is 7.00. The number of hydrogen-bond donors (Lipinski definition) is 1. The first-order chi connectivity index (χ1) is 24.8. The smallest absolute Gasteiger partial charge is 0.309 e. The summed E-state index contributed by atoms with van der Waals surface area (Å²) in [5, 5.41) is -0.175. The van der Waals surface area contributed by atoms with Crippen molar-refractivity contribution in [1.82, 2.24) is 4.72 Å². The third-order valence-corrected chi connectivity index (χ3v) is 14.8. The summed E-state index contributed by atoms with van der Waals surface area (Å²) in [6.45, 7) is 5.45. The number of halogens is 1. The lowest BCUT2D eigenvalue weighted by atomic mass is 9.62. The second kappa shape index (κ2) is 14.4. The van der Waals surface area contributed by atoms with Crippen molar-refractivity contribution in [2.24, 2.45) is 23.7 Å².